The van der Waals surface area contributed by atoms with Crippen LogP contribution in [0, 0.1) is 0 Å². The van der Waals surface area contributed by atoms with Crippen LogP contribution in [-0.2, 0) is 6.61 Å². The third-order valence-electron chi connectivity index (χ3n) is 4.87. The summed E-state index contributed by atoms with van der Waals surface area (Å²) in [5.74, 6) is 2.52. The molecule has 152 valence electrons. The topological polar surface area (TPSA) is 116 Å². The fourth-order valence-corrected chi connectivity index (χ4v) is 3.50. The lowest BCUT2D eigenvalue weighted by Gasteiger charge is -2.23. The summed E-state index contributed by atoms with van der Waals surface area (Å²) in [5.41, 5.74) is 2.55. The molecule has 3 aromatic rings. The zero-order valence-corrected chi connectivity index (χ0v) is 16.9. The van der Waals surface area contributed by atoms with Crippen molar-refractivity contribution in [1.29, 1.82) is 0 Å². The molecule has 0 bridgehead atoms. The van der Waals surface area contributed by atoms with Gasteiger partial charge in [-0.2, -0.15) is 0 Å². The van der Waals surface area contributed by atoms with Crippen LogP contribution in [-0.4, -0.2) is 54.9 Å². The molecule has 1 aliphatic rings. The van der Waals surface area contributed by atoms with Crippen LogP contribution in [0.5, 0.6) is 0 Å². The van der Waals surface area contributed by atoms with Gasteiger partial charge in [0.25, 0.3) is 0 Å². The maximum Gasteiger partial charge on any atom is 0.179 e. The molecule has 1 aliphatic heterocycles. The highest BCUT2D eigenvalue weighted by atomic mass is 16.3. The summed E-state index contributed by atoms with van der Waals surface area (Å²) in [4.78, 5) is 20.0. The van der Waals surface area contributed by atoms with Crippen molar-refractivity contribution in [2.75, 3.05) is 19.4 Å². The summed E-state index contributed by atoms with van der Waals surface area (Å²) in [6.07, 6.45) is 5.31. The Morgan fingerprint density at radius 3 is 2.76 bits per heavy atom. The summed E-state index contributed by atoms with van der Waals surface area (Å²) in [5, 5.41) is 19.2. The van der Waals surface area contributed by atoms with Gasteiger partial charge in [-0.15, -0.1) is 0 Å². The largest absolute Gasteiger partial charge is 0.388 e. The van der Waals surface area contributed by atoms with Crippen molar-refractivity contribution in [2.45, 2.75) is 32.8 Å². The number of aliphatic hydroxyl groups is 1. The molecule has 4 rings (SSSR count). The van der Waals surface area contributed by atoms with Gasteiger partial charge in [0, 0.05) is 31.6 Å². The summed E-state index contributed by atoms with van der Waals surface area (Å²) in [6, 6.07) is 3.88. The number of pyridine rings is 1. The Morgan fingerprint density at radius 1 is 1.24 bits per heavy atom. The Hall–Kier alpha value is -3.24. The van der Waals surface area contributed by atoms with Gasteiger partial charge < -0.3 is 25.2 Å². The minimum atomic E-state index is -0.116. The normalized spacial score (nSPS) is 16.4. The van der Waals surface area contributed by atoms with Gasteiger partial charge in [0.15, 0.2) is 12.1 Å². The average Bonchev–Trinajstić information content (AvgIpc) is 3.27. The molecule has 0 radical (unpaired) electrons. The number of rotatable bonds is 6. The van der Waals surface area contributed by atoms with Gasteiger partial charge in [-0.05, 0) is 27.0 Å². The Bertz CT molecular complexity index is 1060. The van der Waals surface area contributed by atoms with E-state index in [1.165, 1.54) is 0 Å². The number of hydrogen-bond acceptors (Lipinski definition) is 9. The van der Waals surface area contributed by atoms with Gasteiger partial charge in [0.2, 0.25) is 0 Å². The Kier molecular flexibility index (Phi) is 5.03. The van der Waals surface area contributed by atoms with Crippen molar-refractivity contribution >= 4 is 28.4 Å². The molecule has 1 atom stereocenters. The summed E-state index contributed by atoms with van der Waals surface area (Å²) in [7, 11) is 3.85. The Morgan fingerprint density at radius 2 is 2.07 bits per heavy atom. The van der Waals surface area contributed by atoms with Crippen molar-refractivity contribution in [2.24, 2.45) is 0 Å². The zero-order chi connectivity index (χ0) is 20.5. The molecule has 29 heavy (non-hydrogen) atoms. The zero-order valence-electron chi connectivity index (χ0n) is 16.9. The first-order valence-electron chi connectivity index (χ1n) is 9.46. The number of hydrogen-bond donors (Lipinski definition) is 4. The highest BCUT2D eigenvalue weighted by molar-refractivity contribution is 5.79. The maximum absolute atomic E-state index is 9.61. The standard InChI is InChI=1S/C19H25N9O/c1-11(2)28-13-7-16(22-8-12(13)24-17(28)10-29)25-15-5-6-21-18(26-15)14-9-23-19(20-3)27(14)4/h5-9,11,19-20,23,29H,10H2,1-4H3,(H,21,22,25,26). The van der Waals surface area contributed by atoms with E-state index in [1.807, 2.05) is 35.8 Å². The van der Waals surface area contributed by atoms with Crippen LogP contribution >= 0.6 is 0 Å². The van der Waals surface area contributed by atoms with E-state index >= 15 is 0 Å². The fourth-order valence-electron chi connectivity index (χ4n) is 3.50. The molecule has 4 heterocycles. The Balaban J connectivity index is 1.63. The molecule has 0 spiro atoms. The molecular weight excluding hydrogens is 370 g/mol. The quantitative estimate of drug-likeness (QED) is 0.491. The van der Waals surface area contributed by atoms with Crippen molar-refractivity contribution in [3.63, 3.8) is 0 Å². The molecule has 0 amide bonds. The van der Waals surface area contributed by atoms with Crippen LogP contribution in [0.4, 0.5) is 11.6 Å². The number of anilines is 2. The fraction of sp³-hybridized carbons (Fsp3) is 0.368. The first-order valence-corrected chi connectivity index (χ1v) is 9.46. The van der Waals surface area contributed by atoms with E-state index < -0.39 is 0 Å². The van der Waals surface area contributed by atoms with Gasteiger partial charge in [0.1, 0.15) is 35.3 Å². The number of fused-ring (bicyclic) bond motifs is 1. The molecule has 0 aromatic carbocycles. The van der Waals surface area contributed by atoms with E-state index in [4.69, 9.17) is 0 Å². The lowest BCUT2D eigenvalue weighted by Crippen LogP contribution is -2.44. The summed E-state index contributed by atoms with van der Waals surface area (Å²) < 4.78 is 2.01. The van der Waals surface area contributed by atoms with E-state index in [1.54, 1.807) is 18.5 Å². The van der Waals surface area contributed by atoms with Gasteiger partial charge in [-0.25, -0.2) is 19.9 Å². The van der Waals surface area contributed by atoms with Crippen molar-refractivity contribution in [1.82, 2.24) is 40.0 Å². The molecule has 10 nitrogen and oxygen atoms in total. The summed E-state index contributed by atoms with van der Waals surface area (Å²) in [6.45, 7) is 4.00. The van der Waals surface area contributed by atoms with E-state index in [0.29, 0.717) is 23.3 Å². The minimum Gasteiger partial charge on any atom is -0.388 e. The minimum absolute atomic E-state index is 0.00586. The van der Waals surface area contributed by atoms with Crippen LogP contribution in [0.3, 0.4) is 0 Å². The molecule has 0 aliphatic carbocycles. The summed E-state index contributed by atoms with van der Waals surface area (Å²) >= 11 is 0. The average molecular weight is 395 g/mol. The van der Waals surface area contributed by atoms with Crippen molar-refractivity contribution in [3.05, 3.63) is 42.4 Å². The van der Waals surface area contributed by atoms with Crippen LogP contribution in [0.1, 0.15) is 31.5 Å². The van der Waals surface area contributed by atoms with Crippen LogP contribution in [0.2, 0.25) is 0 Å². The van der Waals surface area contributed by atoms with Gasteiger partial charge in [-0.1, -0.05) is 0 Å². The van der Waals surface area contributed by atoms with E-state index in [0.717, 1.165) is 16.7 Å². The lowest BCUT2D eigenvalue weighted by molar-refractivity contribution is 0.263. The van der Waals surface area contributed by atoms with Crippen molar-refractivity contribution < 1.29 is 5.11 Å². The highest BCUT2D eigenvalue weighted by Crippen LogP contribution is 2.25. The van der Waals surface area contributed by atoms with E-state index in [-0.39, 0.29) is 18.9 Å². The monoisotopic (exact) mass is 395 g/mol. The molecular formula is C19H25N9O. The van der Waals surface area contributed by atoms with Gasteiger partial charge in [-0.3, -0.25) is 5.32 Å². The van der Waals surface area contributed by atoms with Crippen molar-refractivity contribution in [3.8, 4) is 0 Å². The second kappa shape index (κ2) is 7.64. The molecule has 0 saturated heterocycles. The Labute approximate surface area is 168 Å². The van der Waals surface area contributed by atoms with Crippen LogP contribution in [0.25, 0.3) is 16.7 Å². The number of aromatic nitrogens is 5. The molecule has 0 fully saturated rings. The number of imidazole rings is 1. The highest BCUT2D eigenvalue weighted by Gasteiger charge is 2.23. The number of nitrogens with one attached hydrogen (secondary N) is 3. The lowest BCUT2D eigenvalue weighted by atomic mass is 10.3. The third kappa shape index (κ3) is 3.47. The first kappa shape index (κ1) is 19.1. The smallest absolute Gasteiger partial charge is 0.179 e. The van der Waals surface area contributed by atoms with Gasteiger partial charge >= 0.3 is 0 Å². The third-order valence-corrected chi connectivity index (χ3v) is 4.87. The molecule has 4 N–H and O–H groups in total. The predicted octanol–water partition coefficient (Wildman–Crippen LogP) is 1.37. The van der Waals surface area contributed by atoms with E-state index in [2.05, 4.69) is 49.7 Å². The van der Waals surface area contributed by atoms with Crippen LogP contribution in [0.15, 0.2) is 30.7 Å². The van der Waals surface area contributed by atoms with E-state index in [9.17, 15) is 5.11 Å². The second-order valence-corrected chi connectivity index (χ2v) is 7.10. The first-order chi connectivity index (χ1) is 14.0. The van der Waals surface area contributed by atoms with Crippen LogP contribution < -0.4 is 16.0 Å². The SMILES string of the molecule is CNC1NC=C(c2nccc(Nc3cc4c(cn3)nc(CO)n4C(C)C)n2)N1C. The maximum atomic E-state index is 9.61. The second-order valence-electron chi connectivity index (χ2n) is 7.10. The molecule has 1 unspecified atom stereocenters. The molecule has 10 heteroatoms. The molecule has 0 saturated carbocycles. The van der Waals surface area contributed by atoms with Gasteiger partial charge in [0.05, 0.1) is 11.7 Å². The number of aliphatic hydroxyl groups excluding tert-OH is 1. The predicted molar refractivity (Wildman–Crippen MR) is 111 cm³/mol. The number of nitrogens with zero attached hydrogens (tertiary/aromatic N) is 6. The molecule has 3 aromatic heterocycles.